The summed E-state index contributed by atoms with van der Waals surface area (Å²) >= 11 is 6.70. The van der Waals surface area contributed by atoms with Gasteiger partial charge in [0.15, 0.2) is 5.11 Å². The van der Waals surface area contributed by atoms with Crippen LogP contribution < -0.4 is 10.6 Å². The Morgan fingerprint density at radius 1 is 1.17 bits per heavy atom. The fourth-order valence-electron chi connectivity index (χ4n) is 3.37. The highest BCUT2D eigenvalue weighted by Gasteiger charge is 2.34. The first-order chi connectivity index (χ1) is 13.6. The van der Waals surface area contributed by atoms with E-state index in [1.807, 2.05) is 0 Å². The van der Waals surface area contributed by atoms with Crippen LogP contribution in [0.5, 0.6) is 0 Å². The molecule has 0 radical (unpaired) electrons. The molecule has 0 saturated carbocycles. The number of thiophene rings is 1. The Balaban J connectivity index is 2.15. The zero-order valence-corrected chi connectivity index (χ0v) is 19.1. The van der Waals surface area contributed by atoms with Crippen LogP contribution in [0.3, 0.4) is 0 Å². The third-order valence-corrected chi connectivity index (χ3v) is 6.52. The van der Waals surface area contributed by atoms with E-state index in [4.69, 9.17) is 17.0 Å². The predicted molar refractivity (Wildman–Crippen MR) is 116 cm³/mol. The maximum Gasteiger partial charge on any atom is 0.341 e. The molecule has 1 atom stereocenters. The normalized spacial score (nSPS) is 15.8. The summed E-state index contributed by atoms with van der Waals surface area (Å²) in [5, 5.41) is 6.16. The minimum Gasteiger partial charge on any atom is -0.469 e. The lowest BCUT2D eigenvalue weighted by Gasteiger charge is -2.33. The average Bonchev–Trinajstić information content (AvgIpc) is 3.01. The largest absolute Gasteiger partial charge is 0.469 e. The fraction of sp³-hybridized carbons (Fsp3) is 0.600. The van der Waals surface area contributed by atoms with Crippen LogP contribution in [0, 0.1) is 11.3 Å². The van der Waals surface area contributed by atoms with Crippen molar-refractivity contribution in [2.45, 2.75) is 52.9 Å². The quantitative estimate of drug-likeness (QED) is 0.535. The van der Waals surface area contributed by atoms with Crippen LogP contribution >= 0.6 is 23.6 Å². The number of nitrogens with one attached hydrogen (secondary N) is 2. The number of amides is 1. The molecule has 0 fully saturated rings. The van der Waals surface area contributed by atoms with Crippen molar-refractivity contribution < 1.29 is 23.9 Å². The summed E-state index contributed by atoms with van der Waals surface area (Å²) in [6, 6.07) is 0. The van der Waals surface area contributed by atoms with Crippen molar-refractivity contribution in [2.24, 2.45) is 11.3 Å². The molecule has 0 bridgehead atoms. The summed E-state index contributed by atoms with van der Waals surface area (Å²) in [4.78, 5) is 36.7. The molecule has 1 aromatic rings. The van der Waals surface area contributed by atoms with Crippen molar-refractivity contribution in [2.75, 3.05) is 19.5 Å². The lowest BCUT2D eigenvalue weighted by molar-refractivity contribution is -0.142. The molecule has 29 heavy (non-hydrogen) atoms. The first-order valence-corrected chi connectivity index (χ1v) is 10.7. The standard InChI is InChI=1S/C20H28N2O5S2/c1-20(2,3)11-6-7-12-13(10-11)29-17(16(12)18(25)27-5)22-19(28)21-14(23)8-9-15(24)26-4/h11H,6-10H2,1-5H3,(H2,21,22,23,28). The number of anilines is 1. The van der Waals surface area contributed by atoms with Gasteiger partial charge in [0, 0.05) is 11.3 Å². The van der Waals surface area contributed by atoms with Gasteiger partial charge in [-0.3, -0.25) is 9.59 Å². The van der Waals surface area contributed by atoms with Gasteiger partial charge in [-0.15, -0.1) is 11.3 Å². The lowest BCUT2D eigenvalue weighted by atomic mass is 9.72. The van der Waals surface area contributed by atoms with Crippen molar-refractivity contribution in [1.29, 1.82) is 0 Å². The Hall–Kier alpha value is -2.00. The number of hydrogen-bond acceptors (Lipinski definition) is 7. The van der Waals surface area contributed by atoms with E-state index in [1.165, 1.54) is 25.6 Å². The van der Waals surface area contributed by atoms with Gasteiger partial charge < -0.3 is 20.1 Å². The monoisotopic (exact) mass is 440 g/mol. The molecule has 1 aliphatic carbocycles. The molecule has 9 heteroatoms. The van der Waals surface area contributed by atoms with E-state index in [0.29, 0.717) is 16.5 Å². The molecule has 0 aliphatic heterocycles. The maximum atomic E-state index is 12.4. The zero-order valence-electron chi connectivity index (χ0n) is 17.5. The van der Waals surface area contributed by atoms with Crippen molar-refractivity contribution in [3.63, 3.8) is 0 Å². The van der Waals surface area contributed by atoms with Crippen LogP contribution in [-0.4, -0.2) is 37.2 Å². The van der Waals surface area contributed by atoms with E-state index >= 15 is 0 Å². The number of thiocarbonyl (C=S) groups is 1. The van der Waals surface area contributed by atoms with Gasteiger partial charge in [0.2, 0.25) is 5.91 Å². The van der Waals surface area contributed by atoms with Gasteiger partial charge in [0.25, 0.3) is 0 Å². The lowest BCUT2D eigenvalue weighted by Crippen LogP contribution is -2.34. The van der Waals surface area contributed by atoms with Crippen molar-refractivity contribution >= 4 is 51.5 Å². The Kier molecular flexibility index (Phi) is 7.76. The number of hydrogen-bond donors (Lipinski definition) is 2. The van der Waals surface area contributed by atoms with E-state index in [0.717, 1.165) is 29.7 Å². The van der Waals surface area contributed by atoms with Crippen molar-refractivity contribution in [1.82, 2.24) is 5.32 Å². The molecule has 1 aliphatic rings. The van der Waals surface area contributed by atoms with E-state index in [1.54, 1.807) is 0 Å². The van der Waals surface area contributed by atoms with Crippen LogP contribution in [0.25, 0.3) is 0 Å². The van der Waals surface area contributed by atoms with Gasteiger partial charge in [0.05, 0.1) is 26.2 Å². The fourth-order valence-corrected chi connectivity index (χ4v) is 4.97. The Morgan fingerprint density at radius 2 is 1.86 bits per heavy atom. The SMILES string of the molecule is COC(=O)CCC(=O)NC(=S)Nc1sc2c(c1C(=O)OC)CCC(C(C)(C)C)C2. The minimum absolute atomic E-state index is 0.0279. The first kappa shape index (κ1) is 23.3. The number of ether oxygens (including phenoxy) is 2. The highest BCUT2D eigenvalue weighted by molar-refractivity contribution is 7.80. The van der Waals surface area contributed by atoms with Gasteiger partial charge in [0.1, 0.15) is 5.00 Å². The molecule has 2 N–H and O–H groups in total. The average molecular weight is 441 g/mol. The highest BCUT2D eigenvalue weighted by atomic mass is 32.1. The Labute approximate surface area is 180 Å². The summed E-state index contributed by atoms with van der Waals surface area (Å²) in [6.07, 6.45) is 2.64. The maximum absolute atomic E-state index is 12.4. The highest BCUT2D eigenvalue weighted by Crippen LogP contribution is 2.44. The van der Waals surface area contributed by atoms with Crippen LogP contribution in [0.2, 0.25) is 0 Å². The molecule has 0 spiro atoms. The molecule has 2 rings (SSSR count). The van der Waals surface area contributed by atoms with Gasteiger partial charge in [-0.2, -0.15) is 0 Å². The van der Waals surface area contributed by atoms with Gasteiger partial charge in [-0.1, -0.05) is 20.8 Å². The van der Waals surface area contributed by atoms with Gasteiger partial charge >= 0.3 is 11.9 Å². The van der Waals surface area contributed by atoms with E-state index < -0.39 is 17.8 Å². The number of methoxy groups -OCH3 is 2. The number of fused-ring (bicyclic) bond motifs is 1. The molecule has 0 saturated heterocycles. The topological polar surface area (TPSA) is 93.7 Å². The second kappa shape index (κ2) is 9.67. The van der Waals surface area contributed by atoms with E-state index in [2.05, 4.69) is 36.1 Å². The van der Waals surface area contributed by atoms with Gasteiger partial charge in [-0.05, 0) is 48.4 Å². The number of carbonyl (C=O) groups excluding carboxylic acids is 3. The molecule has 1 heterocycles. The summed E-state index contributed by atoms with van der Waals surface area (Å²) in [5.74, 6) is -0.760. The van der Waals surface area contributed by atoms with Crippen LogP contribution in [0.15, 0.2) is 0 Å². The Morgan fingerprint density at radius 3 is 2.45 bits per heavy atom. The van der Waals surface area contributed by atoms with Crippen LogP contribution in [-0.2, 0) is 31.9 Å². The molecule has 7 nitrogen and oxygen atoms in total. The molecule has 1 unspecified atom stereocenters. The molecule has 160 valence electrons. The summed E-state index contributed by atoms with van der Waals surface area (Å²) in [5.41, 5.74) is 1.68. The van der Waals surface area contributed by atoms with Crippen molar-refractivity contribution in [3.05, 3.63) is 16.0 Å². The smallest absolute Gasteiger partial charge is 0.341 e. The van der Waals surface area contributed by atoms with Crippen molar-refractivity contribution in [3.8, 4) is 0 Å². The molecule has 1 amide bonds. The minimum atomic E-state index is -0.466. The van der Waals surface area contributed by atoms with Crippen LogP contribution in [0.4, 0.5) is 5.00 Å². The predicted octanol–water partition coefficient (Wildman–Crippen LogP) is 3.45. The molecular weight excluding hydrogens is 412 g/mol. The molecule has 0 aromatic carbocycles. The second-order valence-corrected chi connectivity index (χ2v) is 9.60. The third kappa shape index (κ3) is 5.99. The van der Waals surface area contributed by atoms with Gasteiger partial charge in [-0.25, -0.2) is 4.79 Å². The Bertz CT molecular complexity index is 811. The number of esters is 2. The third-order valence-electron chi connectivity index (χ3n) is 5.14. The molecule has 1 aromatic heterocycles. The molecular formula is C20H28N2O5S2. The summed E-state index contributed by atoms with van der Waals surface area (Å²) in [6.45, 7) is 6.70. The zero-order chi connectivity index (χ0) is 21.8. The van der Waals surface area contributed by atoms with E-state index in [9.17, 15) is 14.4 Å². The number of carbonyl (C=O) groups is 3. The summed E-state index contributed by atoms with van der Waals surface area (Å²) in [7, 11) is 2.62. The van der Waals surface area contributed by atoms with E-state index in [-0.39, 0.29) is 23.4 Å². The summed E-state index contributed by atoms with van der Waals surface area (Å²) < 4.78 is 9.50. The van der Waals surface area contributed by atoms with Crippen LogP contribution in [0.1, 0.15) is 60.8 Å². The second-order valence-electron chi connectivity index (χ2n) is 8.08. The number of rotatable bonds is 5. The first-order valence-electron chi connectivity index (χ1n) is 9.47.